The number of hydrogen-bond donors (Lipinski definition) is 1. The third-order valence-electron chi connectivity index (χ3n) is 2.88. The number of carboxylic acid groups (broad SMARTS) is 1. The molecule has 3 rings (SSSR count). The van der Waals surface area contributed by atoms with Crippen molar-refractivity contribution >= 4 is 61.7 Å². The molecule has 0 unspecified atom stereocenters. The SMILES string of the molecule is O=C(O)c1cc(Cl)c2nnc(-c3cc(Br)ccc3I)n2c1. The number of carboxylic acids is 1. The monoisotopic (exact) mass is 477 g/mol. The Hall–Kier alpha value is -1.19. The Balaban J connectivity index is 2.33. The van der Waals surface area contributed by atoms with Crippen LogP contribution in [-0.2, 0) is 0 Å². The minimum atomic E-state index is -1.05. The molecular formula is C13H6BrClIN3O2. The summed E-state index contributed by atoms with van der Waals surface area (Å²) in [6.07, 6.45) is 1.47. The normalized spacial score (nSPS) is 11.0. The number of hydrogen-bond acceptors (Lipinski definition) is 3. The lowest BCUT2D eigenvalue weighted by molar-refractivity contribution is 0.0696. The highest BCUT2D eigenvalue weighted by atomic mass is 127. The van der Waals surface area contributed by atoms with E-state index in [0.29, 0.717) is 11.5 Å². The number of rotatable bonds is 2. The Morgan fingerprint density at radius 1 is 1.33 bits per heavy atom. The van der Waals surface area contributed by atoms with Gasteiger partial charge in [-0.2, -0.15) is 0 Å². The van der Waals surface area contributed by atoms with Gasteiger partial charge < -0.3 is 5.11 Å². The zero-order valence-corrected chi connectivity index (χ0v) is 14.7. The summed E-state index contributed by atoms with van der Waals surface area (Å²) in [4.78, 5) is 11.2. The van der Waals surface area contributed by atoms with E-state index in [0.717, 1.165) is 13.6 Å². The maximum Gasteiger partial charge on any atom is 0.337 e. The van der Waals surface area contributed by atoms with Crippen molar-refractivity contribution in [1.82, 2.24) is 14.6 Å². The Labute approximate surface area is 146 Å². The smallest absolute Gasteiger partial charge is 0.337 e. The average molecular weight is 478 g/mol. The molecule has 0 spiro atoms. The lowest BCUT2D eigenvalue weighted by Crippen LogP contribution is -2.01. The van der Waals surface area contributed by atoms with Crippen LogP contribution in [-0.4, -0.2) is 25.7 Å². The van der Waals surface area contributed by atoms with Gasteiger partial charge in [0.25, 0.3) is 0 Å². The van der Waals surface area contributed by atoms with Gasteiger partial charge in [-0.1, -0.05) is 27.5 Å². The summed E-state index contributed by atoms with van der Waals surface area (Å²) in [7, 11) is 0. The Kier molecular flexibility index (Phi) is 3.89. The zero-order chi connectivity index (χ0) is 15.1. The number of fused-ring (bicyclic) bond motifs is 1. The molecule has 3 aromatic rings. The lowest BCUT2D eigenvalue weighted by Gasteiger charge is -2.05. The molecule has 2 aromatic heterocycles. The van der Waals surface area contributed by atoms with Crippen LogP contribution in [0, 0.1) is 3.57 Å². The molecule has 0 bridgehead atoms. The molecule has 2 heterocycles. The fourth-order valence-corrected chi connectivity index (χ4v) is 3.11. The van der Waals surface area contributed by atoms with E-state index in [1.807, 2.05) is 18.2 Å². The van der Waals surface area contributed by atoms with Crippen LogP contribution in [0.2, 0.25) is 5.02 Å². The summed E-state index contributed by atoms with van der Waals surface area (Å²) in [5.74, 6) is -0.511. The number of benzene rings is 1. The maximum atomic E-state index is 11.2. The molecule has 0 saturated carbocycles. The number of pyridine rings is 1. The molecule has 0 aliphatic heterocycles. The predicted octanol–water partition coefficient (Wildman–Crippen LogP) is 4.12. The molecule has 8 heteroatoms. The summed E-state index contributed by atoms with van der Waals surface area (Å²) in [6, 6.07) is 7.12. The number of carbonyl (C=O) groups is 1. The lowest BCUT2D eigenvalue weighted by atomic mass is 10.2. The molecule has 0 saturated heterocycles. The van der Waals surface area contributed by atoms with Gasteiger partial charge in [-0.05, 0) is 46.9 Å². The van der Waals surface area contributed by atoms with Crippen molar-refractivity contribution in [1.29, 1.82) is 0 Å². The topological polar surface area (TPSA) is 67.5 Å². The van der Waals surface area contributed by atoms with E-state index >= 15 is 0 Å². The van der Waals surface area contributed by atoms with E-state index in [1.165, 1.54) is 12.3 Å². The Morgan fingerprint density at radius 3 is 2.81 bits per heavy atom. The maximum absolute atomic E-state index is 11.2. The van der Waals surface area contributed by atoms with Gasteiger partial charge in [0.05, 0.1) is 10.6 Å². The van der Waals surface area contributed by atoms with Crippen molar-refractivity contribution in [2.75, 3.05) is 0 Å². The molecule has 0 aliphatic rings. The Morgan fingerprint density at radius 2 is 2.10 bits per heavy atom. The van der Waals surface area contributed by atoms with E-state index in [1.54, 1.807) is 4.40 Å². The van der Waals surface area contributed by atoms with Crippen molar-refractivity contribution in [2.24, 2.45) is 0 Å². The van der Waals surface area contributed by atoms with Gasteiger partial charge in [0.2, 0.25) is 0 Å². The fourth-order valence-electron chi connectivity index (χ4n) is 1.92. The minimum Gasteiger partial charge on any atom is -0.478 e. The first-order valence-corrected chi connectivity index (χ1v) is 7.95. The first-order chi connectivity index (χ1) is 9.97. The highest BCUT2D eigenvalue weighted by molar-refractivity contribution is 14.1. The Bertz CT molecular complexity index is 881. The fraction of sp³-hybridized carbons (Fsp3) is 0. The summed E-state index contributed by atoms with van der Waals surface area (Å²) >= 11 is 11.7. The van der Waals surface area contributed by atoms with Gasteiger partial charge in [-0.15, -0.1) is 10.2 Å². The second-order valence-corrected chi connectivity index (χ2v) is 6.71. The summed E-state index contributed by atoms with van der Waals surface area (Å²) < 4.78 is 3.47. The third kappa shape index (κ3) is 2.65. The van der Waals surface area contributed by atoms with E-state index in [2.05, 4.69) is 48.7 Å². The molecule has 0 radical (unpaired) electrons. The second kappa shape index (κ2) is 5.54. The number of aromatic nitrogens is 3. The molecule has 0 fully saturated rings. The van der Waals surface area contributed by atoms with Gasteiger partial charge in [-0.25, -0.2) is 4.79 Å². The van der Waals surface area contributed by atoms with E-state index in [4.69, 9.17) is 16.7 Å². The van der Waals surface area contributed by atoms with Crippen LogP contribution in [0.4, 0.5) is 0 Å². The molecule has 0 aliphatic carbocycles. The molecule has 1 aromatic carbocycles. The predicted molar refractivity (Wildman–Crippen MR) is 90.8 cm³/mol. The second-order valence-electron chi connectivity index (χ2n) is 4.22. The van der Waals surface area contributed by atoms with Crippen LogP contribution < -0.4 is 0 Å². The largest absolute Gasteiger partial charge is 0.478 e. The number of aromatic carboxylic acids is 1. The standard InChI is InChI=1S/C13H6BrClIN3O2/c14-7-1-2-10(16)8(4-7)11-17-18-12-9(15)3-6(13(20)21)5-19(11)12/h1-5H,(H,20,21). The molecule has 106 valence electrons. The van der Waals surface area contributed by atoms with Crippen molar-refractivity contribution in [3.8, 4) is 11.4 Å². The van der Waals surface area contributed by atoms with Crippen LogP contribution in [0.3, 0.4) is 0 Å². The van der Waals surface area contributed by atoms with Crippen molar-refractivity contribution in [2.45, 2.75) is 0 Å². The molecule has 1 N–H and O–H groups in total. The van der Waals surface area contributed by atoms with Crippen LogP contribution in [0.25, 0.3) is 17.0 Å². The average Bonchev–Trinajstić information content (AvgIpc) is 2.85. The highest BCUT2D eigenvalue weighted by Crippen LogP contribution is 2.29. The van der Waals surface area contributed by atoms with Crippen molar-refractivity contribution in [3.63, 3.8) is 0 Å². The van der Waals surface area contributed by atoms with E-state index < -0.39 is 5.97 Å². The molecular weight excluding hydrogens is 472 g/mol. The highest BCUT2D eigenvalue weighted by Gasteiger charge is 2.16. The van der Waals surface area contributed by atoms with E-state index in [-0.39, 0.29) is 10.6 Å². The number of halogens is 3. The van der Waals surface area contributed by atoms with Crippen LogP contribution in [0.15, 0.2) is 34.9 Å². The first kappa shape index (κ1) is 14.7. The van der Waals surface area contributed by atoms with Gasteiger partial charge in [0.15, 0.2) is 11.5 Å². The number of nitrogens with zero attached hydrogens (tertiary/aromatic N) is 3. The molecule has 5 nitrogen and oxygen atoms in total. The van der Waals surface area contributed by atoms with Crippen molar-refractivity contribution < 1.29 is 9.90 Å². The zero-order valence-electron chi connectivity index (χ0n) is 10.2. The third-order valence-corrected chi connectivity index (χ3v) is 4.59. The molecule has 0 atom stereocenters. The van der Waals surface area contributed by atoms with Crippen molar-refractivity contribution in [3.05, 3.63) is 49.1 Å². The molecule has 0 amide bonds. The van der Waals surface area contributed by atoms with Crippen LogP contribution in [0.5, 0.6) is 0 Å². The van der Waals surface area contributed by atoms with E-state index in [9.17, 15) is 4.79 Å². The summed E-state index contributed by atoms with van der Waals surface area (Å²) in [5, 5.41) is 17.6. The van der Waals surface area contributed by atoms with Gasteiger partial charge in [0, 0.05) is 19.8 Å². The van der Waals surface area contributed by atoms with Gasteiger partial charge >= 0.3 is 5.97 Å². The van der Waals surface area contributed by atoms with Crippen LogP contribution in [0.1, 0.15) is 10.4 Å². The van der Waals surface area contributed by atoms with Crippen LogP contribution >= 0.6 is 50.1 Å². The van der Waals surface area contributed by atoms with Gasteiger partial charge in [0.1, 0.15) is 0 Å². The quantitative estimate of drug-likeness (QED) is 0.563. The molecule has 21 heavy (non-hydrogen) atoms. The summed E-state index contributed by atoms with van der Waals surface area (Å²) in [6.45, 7) is 0. The summed E-state index contributed by atoms with van der Waals surface area (Å²) in [5.41, 5.74) is 1.35. The van der Waals surface area contributed by atoms with Gasteiger partial charge in [-0.3, -0.25) is 4.40 Å². The first-order valence-electron chi connectivity index (χ1n) is 5.70. The minimum absolute atomic E-state index is 0.0820.